The number of allylic oxidation sites excluding steroid dienone is 2. The molecule has 0 aliphatic carbocycles. The molecule has 0 spiro atoms. The van der Waals surface area contributed by atoms with Crippen LogP contribution in [0.4, 0.5) is 0 Å². The Morgan fingerprint density at radius 2 is 2.08 bits per heavy atom. The van der Waals surface area contributed by atoms with Crippen molar-refractivity contribution in [2.75, 3.05) is 0 Å². The van der Waals surface area contributed by atoms with Gasteiger partial charge in [0.05, 0.1) is 0 Å². The van der Waals surface area contributed by atoms with Crippen molar-refractivity contribution in [1.82, 2.24) is 5.32 Å². The molecule has 0 rings (SSSR count). The van der Waals surface area contributed by atoms with Gasteiger partial charge in [-0.15, -0.1) is 0 Å². The van der Waals surface area contributed by atoms with Gasteiger partial charge in [-0.25, -0.2) is 0 Å². The molecule has 0 aromatic heterocycles. The van der Waals surface area contributed by atoms with Crippen LogP contribution in [0.3, 0.4) is 0 Å². The molecule has 1 unspecified atom stereocenters. The Labute approximate surface area is 81.9 Å². The van der Waals surface area contributed by atoms with Gasteiger partial charge in [0.2, 0.25) is 0 Å². The summed E-state index contributed by atoms with van der Waals surface area (Å²) in [5, 5.41) is 3.18. The molecule has 0 aromatic carbocycles. The van der Waals surface area contributed by atoms with Gasteiger partial charge in [-0.2, -0.15) is 0 Å². The lowest BCUT2D eigenvalue weighted by molar-refractivity contribution is 0.521. The van der Waals surface area contributed by atoms with Gasteiger partial charge in [0.15, 0.2) is 0 Å². The largest absolute Gasteiger partial charge is 0.362 e. The Morgan fingerprint density at radius 1 is 1.54 bits per heavy atom. The van der Waals surface area contributed by atoms with E-state index >= 15 is 0 Å². The summed E-state index contributed by atoms with van der Waals surface area (Å²) in [4.78, 5) is 0. The van der Waals surface area contributed by atoms with E-state index in [4.69, 9.17) is 5.73 Å². The average Bonchev–Trinajstić information content (AvgIpc) is 2.02. The molecule has 0 aliphatic heterocycles. The van der Waals surface area contributed by atoms with Crippen molar-refractivity contribution >= 4 is 0 Å². The van der Waals surface area contributed by atoms with Gasteiger partial charge in [0, 0.05) is 17.4 Å². The highest BCUT2D eigenvalue weighted by Crippen LogP contribution is 2.08. The molecular weight excluding hydrogens is 160 g/mol. The summed E-state index contributed by atoms with van der Waals surface area (Å²) in [6, 6.07) is 0.0508. The highest BCUT2D eigenvalue weighted by atomic mass is 14.9. The van der Waals surface area contributed by atoms with Crippen molar-refractivity contribution < 1.29 is 0 Å². The molecule has 0 fully saturated rings. The second kappa shape index (κ2) is 5.81. The van der Waals surface area contributed by atoms with Crippen molar-refractivity contribution in [2.24, 2.45) is 11.7 Å². The lowest BCUT2D eigenvalue weighted by atomic mass is 10.0. The smallest absolute Gasteiger partial charge is 0.0444 e. The molecule has 13 heavy (non-hydrogen) atoms. The molecule has 0 saturated heterocycles. The van der Waals surface area contributed by atoms with E-state index in [1.54, 1.807) is 0 Å². The van der Waals surface area contributed by atoms with Gasteiger partial charge in [-0.05, 0) is 26.2 Å². The lowest BCUT2D eigenvalue weighted by Gasteiger charge is -2.18. The molecule has 3 N–H and O–H groups in total. The van der Waals surface area contributed by atoms with E-state index in [-0.39, 0.29) is 6.04 Å². The van der Waals surface area contributed by atoms with Crippen LogP contribution in [-0.4, -0.2) is 6.04 Å². The molecule has 1 atom stereocenters. The normalized spacial score (nSPS) is 14.5. The molecule has 0 amide bonds. The summed E-state index contributed by atoms with van der Waals surface area (Å²) in [7, 11) is 0. The first-order valence-corrected chi connectivity index (χ1v) is 4.81. The topological polar surface area (TPSA) is 38.0 Å². The van der Waals surface area contributed by atoms with Crippen LogP contribution in [0.5, 0.6) is 0 Å². The van der Waals surface area contributed by atoms with E-state index in [1.807, 2.05) is 19.9 Å². The highest BCUT2D eigenvalue weighted by molar-refractivity contribution is 5.10. The van der Waals surface area contributed by atoms with E-state index in [0.29, 0.717) is 5.92 Å². The van der Waals surface area contributed by atoms with E-state index < -0.39 is 0 Å². The molecule has 2 nitrogen and oxygen atoms in total. The third kappa shape index (κ3) is 5.47. The van der Waals surface area contributed by atoms with Gasteiger partial charge >= 0.3 is 0 Å². The van der Waals surface area contributed by atoms with Crippen molar-refractivity contribution in [3.63, 3.8) is 0 Å². The fourth-order valence-corrected chi connectivity index (χ4v) is 1.07. The second-order valence-electron chi connectivity index (χ2n) is 3.86. The maximum atomic E-state index is 5.93. The summed E-state index contributed by atoms with van der Waals surface area (Å²) in [5.41, 5.74) is 7.94. The molecule has 0 heterocycles. The Kier molecular flexibility index (Phi) is 5.47. The minimum absolute atomic E-state index is 0.0508. The van der Waals surface area contributed by atoms with E-state index in [1.165, 1.54) is 0 Å². The lowest BCUT2D eigenvalue weighted by Crippen LogP contribution is -2.31. The van der Waals surface area contributed by atoms with Crippen molar-refractivity contribution in [3.05, 3.63) is 24.0 Å². The maximum absolute atomic E-state index is 5.93. The zero-order valence-electron chi connectivity index (χ0n) is 9.22. The predicted molar refractivity (Wildman–Crippen MR) is 59.1 cm³/mol. The minimum Gasteiger partial charge on any atom is -0.362 e. The van der Waals surface area contributed by atoms with E-state index in [2.05, 4.69) is 25.7 Å². The van der Waals surface area contributed by atoms with Crippen LogP contribution in [-0.2, 0) is 0 Å². The monoisotopic (exact) mass is 182 g/mol. The molecule has 0 aromatic rings. The first-order chi connectivity index (χ1) is 5.97. The standard InChI is InChI=1S/C11H22N2/c1-6-9(4)13-10(5)11(12)7-8(2)3/h6,8,11,13H,5,7,12H2,1-4H3/b9-6+. The zero-order chi connectivity index (χ0) is 10.4. The number of hydrogen-bond donors (Lipinski definition) is 2. The number of hydrogen-bond acceptors (Lipinski definition) is 2. The van der Waals surface area contributed by atoms with Crippen molar-refractivity contribution in [2.45, 2.75) is 40.2 Å². The highest BCUT2D eigenvalue weighted by Gasteiger charge is 2.08. The molecule has 0 saturated carbocycles. The van der Waals surface area contributed by atoms with Gasteiger partial charge in [0.25, 0.3) is 0 Å². The number of nitrogens with two attached hydrogens (primary N) is 1. The van der Waals surface area contributed by atoms with E-state index in [9.17, 15) is 0 Å². The average molecular weight is 182 g/mol. The molecule has 0 bridgehead atoms. The van der Waals surface area contributed by atoms with Gasteiger partial charge in [-0.3, -0.25) is 0 Å². The zero-order valence-corrected chi connectivity index (χ0v) is 9.22. The second-order valence-corrected chi connectivity index (χ2v) is 3.86. The molecule has 76 valence electrons. The summed E-state index contributed by atoms with van der Waals surface area (Å²) >= 11 is 0. The van der Waals surface area contributed by atoms with Gasteiger partial charge in [-0.1, -0.05) is 26.5 Å². The van der Waals surface area contributed by atoms with Gasteiger partial charge < -0.3 is 11.1 Å². The van der Waals surface area contributed by atoms with Crippen LogP contribution in [0.2, 0.25) is 0 Å². The Balaban J connectivity index is 3.97. The van der Waals surface area contributed by atoms with E-state index in [0.717, 1.165) is 17.8 Å². The quantitative estimate of drug-likeness (QED) is 0.685. The molecular formula is C11H22N2. The van der Waals surface area contributed by atoms with Crippen LogP contribution >= 0.6 is 0 Å². The van der Waals surface area contributed by atoms with Crippen LogP contribution in [0.1, 0.15) is 34.1 Å². The fraction of sp³-hybridized carbons (Fsp3) is 0.636. The molecule has 0 radical (unpaired) electrons. The van der Waals surface area contributed by atoms with Crippen LogP contribution < -0.4 is 11.1 Å². The predicted octanol–water partition coefficient (Wildman–Crippen LogP) is 2.39. The van der Waals surface area contributed by atoms with Crippen LogP contribution in [0, 0.1) is 5.92 Å². The first-order valence-electron chi connectivity index (χ1n) is 4.81. The number of nitrogens with one attached hydrogen (secondary N) is 1. The fourth-order valence-electron chi connectivity index (χ4n) is 1.07. The van der Waals surface area contributed by atoms with Crippen LogP contribution in [0.15, 0.2) is 24.0 Å². The first kappa shape index (κ1) is 12.2. The third-order valence-electron chi connectivity index (χ3n) is 1.96. The Bertz CT molecular complexity index is 192. The SMILES string of the molecule is C=C(N/C(C)=C/C)C(N)CC(C)C. The third-order valence-corrected chi connectivity index (χ3v) is 1.96. The van der Waals surface area contributed by atoms with Crippen molar-refractivity contribution in [1.29, 1.82) is 0 Å². The summed E-state index contributed by atoms with van der Waals surface area (Å²) in [6.07, 6.45) is 2.98. The molecule has 2 heteroatoms. The Morgan fingerprint density at radius 3 is 2.46 bits per heavy atom. The summed E-state index contributed by atoms with van der Waals surface area (Å²) < 4.78 is 0. The van der Waals surface area contributed by atoms with Crippen molar-refractivity contribution in [3.8, 4) is 0 Å². The minimum atomic E-state index is 0.0508. The number of rotatable bonds is 5. The summed E-state index contributed by atoms with van der Waals surface area (Å²) in [6.45, 7) is 12.2. The van der Waals surface area contributed by atoms with Crippen LogP contribution in [0.25, 0.3) is 0 Å². The Hall–Kier alpha value is -0.760. The molecule has 0 aliphatic rings. The maximum Gasteiger partial charge on any atom is 0.0444 e. The summed E-state index contributed by atoms with van der Waals surface area (Å²) in [5.74, 6) is 0.611. The van der Waals surface area contributed by atoms with Gasteiger partial charge in [0.1, 0.15) is 0 Å².